The molecule has 0 aromatic carbocycles. The van der Waals surface area contributed by atoms with Crippen molar-refractivity contribution in [3.05, 3.63) is 0 Å². The first-order valence-corrected chi connectivity index (χ1v) is 9.29. The van der Waals surface area contributed by atoms with Crippen LogP contribution in [0.1, 0.15) is 59.3 Å². The topological polar surface area (TPSA) is 42.0 Å². The second-order valence-corrected chi connectivity index (χ2v) is 8.23. The highest BCUT2D eigenvalue weighted by atomic mass is 16.6. The summed E-state index contributed by atoms with van der Waals surface area (Å²) in [5.41, 5.74) is -0.419. The van der Waals surface area contributed by atoms with Gasteiger partial charge in [-0.3, -0.25) is 4.90 Å². The molecule has 5 nitrogen and oxygen atoms in total. The summed E-state index contributed by atoms with van der Waals surface area (Å²) in [6, 6.07) is 0.851. The molecule has 0 radical (unpaired) electrons. The van der Waals surface area contributed by atoms with E-state index in [1.807, 2.05) is 25.7 Å². The van der Waals surface area contributed by atoms with E-state index in [4.69, 9.17) is 9.47 Å². The molecule has 3 atom stereocenters. The minimum Gasteiger partial charge on any atom is -0.444 e. The Bertz CT molecular complexity index is 419. The van der Waals surface area contributed by atoms with Crippen molar-refractivity contribution in [2.24, 2.45) is 0 Å². The molecule has 2 aliphatic heterocycles. The third-order valence-corrected chi connectivity index (χ3v) is 5.30. The van der Waals surface area contributed by atoms with E-state index >= 15 is 0 Å². The summed E-state index contributed by atoms with van der Waals surface area (Å²) in [6.45, 7) is 9.45. The van der Waals surface area contributed by atoms with Gasteiger partial charge in [-0.1, -0.05) is 12.8 Å². The van der Waals surface area contributed by atoms with Gasteiger partial charge < -0.3 is 14.4 Å². The van der Waals surface area contributed by atoms with Crippen LogP contribution in [0.2, 0.25) is 0 Å². The summed E-state index contributed by atoms with van der Waals surface area (Å²) in [7, 11) is 0. The summed E-state index contributed by atoms with van der Waals surface area (Å²) in [6.07, 6.45) is 7.48. The predicted octanol–water partition coefficient (Wildman–Crippen LogP) is 3.03. The second kappa shape index (κ2) is 6.98. The van der Waals surface area contributed by atoms with Gasteiger partial charge in [0.05, 0.1) is 12.7 Å². The average Bonchev–Trinajstić information content (AvgIpc) is 2.94. The van der Waals surface area contributed by atoms with E-state index in [2.05, 4.69) is 4.90 Å². The highest BCUT2D eigenvalue weighted by molar-refractivity contribution is 5.69. The van der Waals surface area contributed by atoms with Crippen molar-refractivity contribution in [1.29, 1.82) is 0 Å². The Morgan fingerprint density at radius 3 is 2.70 bits per heavy atom. The Labute approximate surface area is 140 Å². The van der Waals surface area contributed by atoms with E-state index in [0.29, 0.717) is 18.2 Å². The lowest BCUT2D eigenvalue weighted by Crippen LogP contribution is -2.56. The third kappa shape index (κ3) is 4.18. The molecule has 0 aromatic rings. The fraction of sp³-hybridized carbons (Fsp3) is 0.944. The lowest BCUT2D eigenvalue weighted by Gasteiger charge is -2.45. The highest BCUT2D eigenvalue weighted by Gasteiger charge is 2.38. The average molecular weight is 324 g/mol. The van der Waals surface area contributed by atoms with Gasteiger partial charge in [0.1, 0.15) is 5.60 Å². The summed E-state index contributed by atoms with van der Waals surface area (Å²) in [4.78, 5) is 17.0. The summed E-state index contributed by atoms with van der Waals surface area (Å²) < 4.78 is 11.6. The van der Waals surface area contributed by atoms with Crippen molar-refractivity contribution < 1.29 is 14.3 Å². The first kappa shape index (κ1) is 17.0. The lowest BCUT2D eigenvalue weighted by molar-refractivity contribution is -0.0927. The molecule has 1 amide bonds. The van der Waals surface area contributed by atoms with Crippen LogP contribution in [0.3, 0.4) is 0 Å². The molecule has 3 fully saturated rings. The Morgan fingerprint density at radius 2 is 1.91 bits per heavy atom. The molecule has 0 unspecified atom stereocenters. The maximum absolute atomic E-state index is 12.5. The van der Waals surface area contributed by atoms with Gasteiger partial charge in [0, 0.05) is 31.7 Å². The molecule has 1 saturated carbocycles. The van der Waals surface area contributed by atoms with Crippen molar-refractivity contribution in [2.45, 2.75) is 83.1 Å². The molecule has 0 bridgehead atoms. The number of nitrogens with zero attached hydrogens (tertiary/aromatic N) is 2. The number of hydrogen-bond acceptors (Lipinski definition) is 4. The van der Waals surface area contributed by atoms with Crippen LogP contribution < -0.4 is 0 Å². The largest absolute Gasteiger partial charge is 0.444 e. The van der Waals surface area contributed by atoms with Gasteiger partial charge in [-0.05, 0) is 46.5 Å². The fourth-order valence-corrected chi connectivity index (χ4v) is 4.26. The molecule has 132 valence electrons. The van der Waals surface area contributed by atoms with Crippen molar-refractivity contribution in [1.82, 2.24) is 9.80 Å². The van der Waals surface area contributed by atoms with E-state index in [9.17, 15) is 4.79 Å². The monoisotopic (exact) mass is 324 g/mol. The number of carbonyl (C=O) groups is 1. The molecule has 0 aromatic heterocycles. The summed E-state index contributed by atoms with van der Waals surface area (Å²) in [5, 5.41) is 0. The number of hydrogen-bond donors (Lipinski definition) is 0. The lowest BCUT2D eigenvalue weighted by atomic mass is 9.90. The standard InChI is InChI=1S/C18H32N2O3/c1-18(2,3)23-17(21)20-10-6-7-14(20)13-19-11-12-22-16-9-5-4-8-15(16)19/h14-16H,4-13H2,1-3H3/t14-,15-,16+/m1/s1. The predicted molar refractivity (Wildman–Crippen MR) is 89.5 cm³/mol. The van der Waals surface area contributed by atoms with Gasteiger partial charge >= 0.3 is 6.09 Å². The minimum atomic E-state index is -0.419. The molecular formula is C18H32N2O3. The SMILES string of the molecule is CC(C)(C)OC(=O)N1CCC[C@@H]1CN1CCO[C@H]2CCCC[C@H]21. The Morgan fingerprint density at radius 1 is 1.13 bits per heavy atom. The van der Waals surface area contributed by atoms with E-state index in [1.165, 1.54) is 25.7 Å². The second-order valence-electron chi connectivity index (χ2n) is 8.23. The molecule has 23 heavy (non-hydrogen) atoms. The molecular weight excluding hydrogens is 292 g/mol. The Kier molecular flexibility index (Phi) is 5.16. The van der Waals surface area contributed by atoms with Crippen LogP contribution in [0, 0.1) is 0 Å². The fourth-order valence-electron chi connectivity index (χ4n) is 4.26. The van der Waals surface area contributed by atoms with E-state index < -0.39 is 5.60 Å². The van der Waals surface area contributed by atoms with Gasteiger partial charge in [-0.15, -0.1) is 0 Å². The minimum absolute atomic E-state index is 0.145. The third-order valence-electron chi connectivity index (χ3n) is 5.30. The number of morpholine rings is 1. The number of rotatable bonds is 2. The molecule has 3 aliphatic rings. The number of ether oxygens (including phenoxy) is 2. The van der Waals surface area contributed by atoms with Gasteiger partial charge in [-0.25, -0.2) is 4.79 Å². The maximum atomic E-state index is 12.5. The van der Waals surface area contributed by atoms with Gasteiger partial charge in [0.15, 0.2) is 0 Å². The highest BCUT2D eigenvalue weighted by Crippen LogP contribution is 2.30. The molecule has 0 N–H and O–H groups in total. The van der Waals surface area contributed by atoms with Gasteiger partial charge in [-0.2, -0.15) is 0 Å². The van der Waals surface area contributed by atoms with Crippen molar-refractivity contribution in [3.8, 4) is 0 Å². The quantitative estimate of drug-likeness (QED) is 0.783. The first-order valence-electron chi connectivity index (χ1n) is 9.29. The summed E-state index contributed by atoms with van der Waals surface area (Å²) in [5.74, 6) is 0. The van der Waals surface area contributed by atoms with Crippen molar-refractivity contribution >= 4 is 6.09 Å². The Hall–Kier alpha value is -0.810. The van der Waals surface area contributed by atoms with Crippen molar-refractivity contribution in [2.75, 3.05) is 26.2 Å². The number of fused-ring (bicyclic) bond motifs is 1. The summed E-state index contributed by atoms with van der Waals surface area (Å²) >= 11 is 0. The van der Waals surface area contributed by atoms with Crippen LogP contribution in [-0.2, 0) is 9.47 Å². The van der Waals surface area contributed by atoms with Crippen LogP contribution >= 0.6 is 0 Å². The maximum Gasteiger partial charge on any atom is 0.410 e. The van der Waals surface area contributed by atoms with Crippen LogP contribution in [0.25, 0.3) is 0 Å². The molecule has 0 spiro atoms. The van der Waals surface area contributed by atoms with Crippen LogP contribution in [0.5, 0.6) is 0 Å². The number of amides is 1. The Balaban J connectivity index is 1.60. The van der Waals surface area contributed by atoms with Crippen LogP contribution in [-0.4, -0.2) is 65.9 Å². The van der Waals surface area contributed by atoms with E-state index in [-0.39, 0.29) is 6.09 Å². The van der Waals surface area contributed by atoms with Crippen LogP contribution in [0.4, 0.5) is 4.79 Å². The number of likely N-dealkylation sites (tertiary alicyclic amines) is 1. The van der Waals surface area contributed by atoms with Gasteiger partial charge in [0.25, 0.3) is 0 Å². The first-order chi connectivity index (χ1) is 10.9. The zero-order valence-electron chi connectivity index (χ0n) is 14.9. The van der Waals surface area contributed by atoms with Crippen LogP contribution in [0.15, 0.2) is 0 Å². The molecule has 2 saturated heterocycles. The van der Waals surface area contributed by atoms with E-state index in [0.717, 1.165) is 39.1 Å². The molecule has 5 heteroatoms. The molecule has 1 aliphatic carbocycles. The smallest absolute Gasteiger partial charge is 0.410 e. The van der Waals surface area contributed by atoms with E-state index in [1.54, 1.807) is 0 Å². The number of carbonyl (C=O) groups excluding carboxylic acids is 1. The molecule has 3 rings (SSSR count). The molecule has 2 heterocycles. The normalized spacial score (nSPS) is 32.7. The zero-order chi connectivity index (χ0) is 16.4. The van der Waals surface area contributed by atoms with Crippen molar-refractivity contribution in [3.63, 3.8) is 0 Å². The van der Waals surface area contributed by atoms with Gasteiger partial charge in [0.2, 0.25) is 0 Å². The zero-order valence-corrected chi connectivity index (χ0v) is 14.9.